The summed E-state index contributed by atoms with van der Waals surface area (Å²) in [6.07, 6.45) is 21.4. The van der Waals surface area contributed by atoms with Crippen molar-refractivity contribution in [3.8, 4) is 0 Å². The quantitative estimate of drug-likeness (QED) is 0.0705. The van der Waals surface area contributed by atoms with Crippen LogP contribution in [0.2, 0.25) is 0 Å². The SMILES string of the molecule is CN1/C(=C/C=C/C2=[N+](C)c3ccccc3C2(Cc2ccccc2)Cc2ccc(CC3(Cc4ccccc4)C(/C=C/C=C4/N(C)c5c(ccc6ccccc56)C4(Cc4ccccc4)Cc4ccccc4)=[N+](C)c4ccccc43)cc2)C(Cc2ccccc2)(Cc2ccccc2)c2ccc3ccccc3c21. The van der Waals surface area contributed by atoms with Gasteiger partial charge in [0.1, 0.15) is 14.1 Å². The van der Waals surface area contributed by atoms with E-state index in [1.54, 1.807) is 0 Å². The lowest BCUT2D eigenvalue weighted by Crippen LogP contribution is -2.39. The van der Waals surface area contributed by atoms with Gasteiger partial charge in [-0.05, 0) is 130 Å². The summed E-state index contributed by atoms with van der Waals surface area (Å²) in [6.45, 7) is 0. The van der Waals surface area contributed by atoms with E-state index in [0.717, 1.165) is 51.4 Å². The summed E-state index contributed by atoms with van der Waals surface area (Å²) in [4.78, 5) is 5.04. The van der Waals surface area contributed by atoms with Crippen LogP contribution in [0.25, 0.3) is 21.5 Å². The zero-order valence-corrected chi connectivity index (χ0v) is 60.1. The highest BCUT2D eigenvalue weighted by Crippen LogP contribution is 2.56. The van der Waals surface area contributed by atoms with E-state index < -0.39 is 10.8 Å². The monoisotopic (exact) mass is 1340 g/mol. The largest absolute Gasteiger partial charge is 0.347 e. The number of para-hydroxylation sites is 2. The van der Waals surface area contributed by atoms with Crippen LogP contribution in [0.15, 0.2) is 375 Å². The van der Waals surface area contributed by atoms with Crippen molar-refractivity contribution < 1.29 is 9.15 Å². The molecule has 13 aromatic rings. The number of hydrogen-bond acceptors (Lipinski definition) is 2. The predicted octanol–water partition coefficient (Wildman–Crippen LogP) is 21.5. The van der Waals surface area contributed by atoms with E-state index in [1.807, 2.05) is 0 Å². The first-order valence-electron chi connectivity index (χ1n) is 37.1. The third-order valence-corrected chi connectivity index (χ3v) is 23.6. The standard InChI is InChI=1S/C100H88N4/c1-101-89-51-29-27-49-85(89)97(65-73-33-11-5-12-34-73,91(101)53-31-55-93-99(67-75-37-15-7-16-38-75,68-76-39-17-8-18-40-76)87-63-61-81-45-23-25-47-83(81)95(87)103(93)3)71-79-57-59-80(60-58-79)72-98(66-74-35-13-6-14-36-74)86-50-28-30-52-90(86)102(2)92(98)54-32-56-94-100(69-77-41-19-9-20-42-77,70-78-43-21-10-22-44-78)88-64-62-82-46-24-26-48-84(82)96(88)104(94)4/h5-64H,65-72H2,1-4H3/q+2. The van der Waals surface area contributed by atoms with Gasteiger partial charge >= 0.3 is 0 Å². The molecule has 4 aliphatic rings. The first-order valence-corrected chi connectivity index (χ1v) is 37.1. The molecule has 104 heavy (non-hydrogen) atoms. The average Bonchev–Trinajstić information content (AvgIpc) is 1.60. The van der Waals surface area contributed by atoms with Crippen molar-refractivity contribution in [1.82, 2.24) is 0 Å². The van der Waals surface area contributed by atoms with Crippen LogP contribution in [-0.4, -0.2) is 48.8 Å². The number of allylic oxidation sites excluding steroid dienone is 8. The number of benzene rings is 13. The average molecular weight is 1350 g/mol. The summed E-state index contributed by atoms with van der Waals surface area (Å²) in [5, 5.41) is 5.07. The van der Waals surface area contributed by atoms with E-state index in [4.69, 9.17) is 0 Å². The molecule has 0 saturated heterocycles. The molecule has 0 fully saturated rings. The van der Waals surface area contributed by atoms with Gasteiger partial charge in [0, 0.05) is 82.5 Å². The maximum atomic E-state index is 2.52. The number of anilines is 2. The molecule has 4 nitrogen and oxygen atoms in total. The minimum Gasteiger partial charge on any atom is -0.347 e. The van der Waals surface area contributed by atoms with Crippen molar-refractivity contribution in [2.45, 2.75) is 73.0 Å². The topological polar surface area (TPSA) is 12.5 Å². The van der Waals surface area contributed by atoms with Crippen LogP contribution in [0.3, 0.4) is 0 Å². The van der Waals surface area contributed by atoms with E-state index >= 15 is 0 Å². The molecule has 0 radical (unpaired) electrons. The highest BCUT2D eigenvalue weighted by atomic mass is 15.2. The second kappa shape index (κ2) is 27.6. The lowest BCUT2D eigenvalue weighted by molar-refractivity contribution is -0.401. The zero-order chi connectivity index (χ0) is 70.2. The highest BCUT2D eigenvalue weighted by molar-refractivity contribution is 6.06. The second-order valence-electron chi connectivity index (χ2n) is 29.7. The molecule has 506 valence electrons. The third kappa shape index (κ3) is 11.7. The van der Waals surface area contributed by atoms with Crippen LogP contribution >= 0.6 is 0 Å². The lowest BCUT2D eigenvalue weighted by Gasteiger charge is -2.33. The van der Waals surface area contributed by atoms with Gasteiger partial charge in [-0.15, -0.1) is 0 Å². The summed E-state index contributed by atoms with van der Waals surface area (Å²) in [7, 11) is 9.19. The van der Waals surface area contributed by atoms with Gasteiger partial charge in [-0.25, -0.2) is 0 Å². The third-order valence-electron chi connectivity index (χ3n) is 23.6. The molecular weight excluding hydrogens is 1260 g/mol. The Labute approximate surface area is 614 Å². The van der Waals surface area contributed by atoms with E-state index in [-0.39, 0.29) is 10.8 Å². The maximum absolute atomic E-state index is 2.52. The van der Waals surface area contributed by atoms with E-state index in [9.17, 15) is 0 Å². The fourth-order valence-corrected chi connectivity index (χ4v) is 19.1. The number of likely N-dealkylation sites (N-methyl/N-ethyl adjacent to an activating group) is 2. The van der Waals surface area contributed by atoms with Crippen LogP contribution in [0.5, 0.6) is 0 Å². The molecule has 0 amide bonds. The van der Waals surface area contributed by atoms with Crippen LogP contribution < -0.4 is 9.80 Å². The molecule has 0 saturated carbocycles. The first kappa shape index (κ1) is 65.6. The van der Waals surface area contributed by atoms with Crippen molar-refractivity contribution in [2.24, 2.45) is 0 Å². The fraction of sp³-hybridized carbons (Fsp3) is 0.160. The molecule has 0 aliphatic carbocycles. The van der Waals surface area contributed by atoms with Gasteiger partial charge in [0.05, 0.1) is 22.2 Å². The molecule has 17 rings (SSSR count). The Morgan fingerprint density at radius 1 is 0.260 bits per heavy atom. The van der Waals surface area contributed by atoms with Crippen molar-refractivity contribution >= 4 is 55.7 Å². The molecule has 2 unspecified atom stereocenters. The number of hydrogen-bond donors (Lipinski definition) is 0. The Kier molecular flexibility index (Phi) is 17.4. The Morgan fingerprint density at radius 3 is 0.837 bits per heavy atom. The zero-order valence-electron chi connectivity index (χ0n) is 60.1. The summed E-state index contributed by atoms with van der Waals surface area (Å²) in [6, 6.07) is 123. The van der Waals surface area contributed by atoms with Crippen molar-refractivity contribution in [2.75, 3.05) is 38.0 Å². The number of nitrogens with zero attached hydrogens (tertiary/aromatic N) is 4. The summed E-state index contributed by atoms with van der Waals surface area (Å²) in [5.74, 6) is 0. The molecular formula is C100H88N4+2. The normalized spacial score (nSPS) is 18.6. The van der Waals surface area contributed by atoms with Crippen LogP contribution in [-0.2, 0) is 73.0 Å². The van der Waals surface area contributed by atoms with Gasteiger partial charge < -0.3 is 9.80 Å². The molecule has 0 spiro atoms. The van der Waals surface area contributed by atoms with Crippen molar-refractivity contribution in [1.29, 1.82) is 0 Å². The molecule has 4 heteroatoms. The Morgan fingerprint density at radius 2 is 0.519 bits per heavy atom. The molecule has 13 aromatic carbocycles. The van der Waals surface area contributed by atoms with Gasteiger partial charge in [0.2, 0.25) is 11.4 Å². The molecule has 4 heterocycles. The molecule has 0 aromatic heterocycles. The molecule has 4 aliphatic heterocycles. The van der Waals surface area contributed by atoms with Gasteiger partial charge in [-0.2, -0.15) is 9.15 Å². The Bertz CT molecular complexity index is 5110. The van der Waals surface area contributed by atoms with E-state index in [0.29, 0.717) is 0 Å². The maximum Gasteiger partial charge on any atom is 0.209 e. The first-order chi connectivity index (χ1) is 51.1. The molecule has 0 bridgehead atoms. The minimum atomic E-state index is -0.418. The smallest absolute Gasteiger partial charge is 0.209 e. The molecule has 0 N–H and O–H groups in total. The van der Waals surface area contributed by atoms with Crippen LogP contribution in [0, 0.1) is 0 Å². The van der Waals surface area contributed by atoms with Crippen molar-refractivity contribution in [3.63, 3.8) is 0 Å². The van der Waals surface area contributed by atoms with E-state index in [2.05, 4.69) is 411 Å². The Hall–Kier alpha value is -11.7. The van der Waals surface area contributed by atoms with Crippen LogP contribution in [0.1, 0.15) is 66.8 Å². The van der Waals surface area contributed by atoms with Crippen molar-refractivity contribution in [3.05, 3.63) is 442 Å². The summed E-state index contributed by atoms with van der Waals surface area (Å²) >= 11 is 0. The van der Waals surface area contributed by atoms with Gasteiger partial charge in [-0.3, -0.25) is 0 Å². The summed E-state index contributed by atoms with van der Waals surface area (Å²) < 4.78 is 4.98. The predicted molar refractivity (Wildman–Crippen MR) is 435 cm³/mol. The van der Waals surface area contributed by atoms with Gasteiger partial charge in [0.25, 0.3) is 0 Å². The second-order valence-corrected chi connectivity index (χ2v) is 29.7. The molecule has 2 atom stereocenters. The number of fused-ring (bicyclic) bond motifs is 8. The van der Waals surface area contributed by atoms with E-state index in [1.165, 1.54) is 134 Å². The highest BCUT2D eigenvalue weighted by Gasteiger charge is 2.53. The van der Waals surface area contributed by atoms with Crippen LogP contribution in [0.4, 0.5) is 22.7 Å². The van der Waals surface area contributed by atoms with Gasteiger partial charge in [-0.1, -0.05) is 328 Å². The van der Waals surface area contributed by atoms with Gasteiger partial charge in [0.15, 0.2) is 11.4 Å². The number of rotatable bonds is 20. The minimum absolute atomic E-state index is 0.366. The Balaban J connectivity index is 0.763. The summed E-state index contributed by atoms with van der Waals surface area (Å²) in [5.41, 5.74) is 24.7. The fourth-order valence-electron chi connectivity index (χ4n) is 19.1. The lowest BCUT2D eigenvalue weighted by atomic mass is 9.68.